The van der Waals surface area contributed by atoms with Gasteiger partial charge in [0, 0.05) is 134 Å². The van der Waals surface area contributed by atoms with Crippen LogP contribution in [0.4, 0.5) is 0 Å². The normalized spacial score (nSPS) is 12.5. The molecule has 129 heavy (non-hydrogen) atoms. The van der Waals surface area contributed by atoms with Crippen LogP contribution in [0.1, 0.15) is 0 Å². The number of thiophene rings is 3. The molecule has 9 aromatic heterocycles. The number of hydrogen-bond acceptors (Lipinski definition) is 6. The molecular formula is C120H65N3O3S3. The van der Waals surface area contributed by atoms with Crippen LogP contribution in [0.3, 0.4) is 0 Å². The second-order valence-corrected chi connectivity index (χ2v) is 37.8. The molecule has 0 atom stereocenters. The zero-order chi connectivity index (χ0) is 83.7. The van der Waals surface area contributed by atoms with E-state index >= 15 is 0 Å². The fourth-order valence-electron chi connectivity index (χ4n) is 22.5. The Balaban J connectivity index is 0.554. The predicted octanol–water partition coefficient (Wildman–Crippen LogP) is 35.6. The van der Waals surface area contributed by atoms with Crippen LogP contribution >= 0.6 is 34.0 Å². The van der Waals surface area contributed by atoms with Crippen LogP contribution in [0, 0.1) is 0 Å². The van der Waals surface area contributed by atoms with Crippen LogP contribution < -0.4 is 0 Å². The first kappa shape index (κ1) is 70.2. The van der Waals surface area contributed by atoms with Crippen molar-refractivity contribution < 1.29 is 13.3 Å². The summed E-state index contributed by atoms with van der Waals surface area (Å²) in [5, 5.41) is 29.2. The fourth-order valence-corrected chi connectivity index (χ4v) is 26.3. The third-order valence-corrected chi connectivity index (χ3v) is 31.5. The van der Waals surface area contributed by atoms with Crippen molar-refractivity contribution >= 4 is 258 Å². The lowest BCUT2D eigenvalue weighted by Crippen LogP contribution is -1.95. The van der Waals surface area contributed by atoms with Crippen LogP contribution in [-0.4, -0.2) is 13.7 Å². The van der Waals surface area contributed by atoms with E-state index in [9.17, 15) is 0 Å². The van der Waals surface area contributed by atoms with Gasteiger partial charge in [0.05, 0.1) is 47.2 Å². The number of furan rings is 3. The van der Waals surface area contributed by atoms with Gasteiger partial charge in [-0.05, 0) is 216 Å². The molecule has 0 saturated heterocycles. The van der Waals surface area contributed by atoms with Crippen molar-refractivity contribution in [2.24, 2.45) is 0 Å². The van der Waals surface area contributed by atoms with Gasteiger partial charge in [0.25, 0.3) is 0 Å². The molecule has 0 N–H and O–H groups in total. The maximum atomic E-state index is 7.20. The zero-order valence-electron chi connectivity index (χ0n) is 68.8. The molecule has 30 aromatic rings. The van der Waals surface area contributed by atoms with Crippen LogP contribution in [0.25, 0.3) is 297 Å². The molecule has 0 radical (unpaired) electrons. The molecule has 0 fully saturated rings. The molecule has 0 unspecified atom stereocenters. The molecular weight excluding hydrogens is 1630 g/mol. The summed E-state index contributed by atoms with van der Waals surface area (Å²) in [5.74, 6) is 0. The Kier molecular flexibility index (Phi) is 14.3. The highest BCUT2D eigenvalue weighted by atomic mass is 32.1. The van der Waals surface area contributed by atoms with Gasteiger partial charge >= 0.3 is 0 Å². The van der Waals surface area contributed by atoms with Gasteiger partial charge in [-0.1, -0.05) is 261 Å². The Morgan fingerprint density at radius 1 is 0.171 bits per heavy atom. The topological polar surface area (TPSA) is 54.2 Å². The quantitative estimate of drug-likeness (QED) is 0.152. The molecule has 21 aromatic carbocycles. The largest absolute Gasteiger partial charge is 0.456 e. The average Bonchev–Trinajstić information content (AvgIpc) is 1.54. The molecule has 30 rings (SSSR count). The number of hydrogen-bond donors (Lipinski definition) is 0. The van der Waals surface area contributed by atoms with Gasteiger partial charge in [0.1, 0.15) is 33.5 Å². The minimum atomic E-state index is 0.854. The van der Waals surface area contributed by atoms with Crippen molar-refractivity contribution in [2.45, 2.75) is 0 Å². The number of para-hydroxylation sites is 6. The van der Waals surface area contributed by atoms with Crippen LogP contribution in [0.15, 0.2) is 408 Å². The molecule has 0 aliphatic carbocycles. The summed E-state index contributed by atoms with van der Waals surface area (Å²) in [7, 11) is 0. The lowest BCUT2D eigenvalue weighted by atomic mass is 9.92. The Labute approximate surface area is 746 Å². The van der Waals surface area contributed by atoms with E-state index in [1.807, 2.05) is 40.1 Å². The highest BCUT2D eigenvalue weighted by Crippen LogP contribution is 2.55. The Morgan fingerprint density at radius 3 is 1.16 bits per heavy atom. The Morgan fingerprint density at radius 2 is 0.550 bits per heavy atom. The van der Waals surface area contributed by atoms with E-state index in [1.165, 1.54) is 153 Å². The van der Waals surface area contributed by atoms with Crippen molar-refractivity contribution in [2.75, 3.05) is 0 Å². The first-order valence-corrected chi connectivity index (χ1v) is 46.4. The lowest BCUT2D eigenvalue weighted by Gasteiger charge is -2.14. The summed E-state index contributed by atoms with van der Waals surface area (Å²) >= 11 is 5.68. The van der Waals surface area contributed by atoms with Gasteiger partial charge in [0.15, 0.2) is 0 Å². The van der Waals surface area contributed by atoms with Gasteiger partial charge in [-0.15, -0.1) is 34.0 Å². The maximum absolute atomic E-state index is 7.20. The highest BCUT2D eigenvalue weighted by molar-refractivity contribution is 7.28. The molecule has 6 nitrogen and oxygen atoms in total. The van der Waals surface area contributed by atoms with Crippen LogP contribution in [0.5, 0.6) is 0 Å². The van der Waals surface area contributed by atoms with Crippen LogP contribution in [-0.2, 0) is 0 Å². The molecule has 0 amide bonds. The minimum Gasteiger partial charge on any atom is -0.456 e. The monoisotopic (exact) mass is 1690 g/mol. The standard InChI is InChI=1S/C120H65N3O3S3/c1-3-30-82-80(28-1)107-87-34-7-15-41-97(87)123(115(107)118-111(82)90-37-11-19-45-103(90)127-118)75-26-22-24-70(60-75)92-63-72(65-102-106(92)88-35-9-17-43-99(88)125-102)68-50-55-84-93(61-68)113-91-38-12-20-46-104(91)128-120(113)114-109(84)85-32-5-13-39-95(85)121(114)73-52-47-66(48-53-73)76-56-57-77(117-110(76)89-36-10-18-44-100(89)126-117)71-51-58-105-94(62-71)112-83-31-4-2-29-81(83)108-86-33-6-14-40-96(86)122(116(108)119(112)129-105)74-25-21-23-67(59-74)69-49-54-79-78-27-8-16-42-98(78)124-101(79)64-69/h1-65H. The molecule has 0 aliphatic rings. The van der Waals surface area contributed by atoms with Gasteiger partial charge in [-0.3, -0.25) is 0 Å². The first-order valence-electron chi connectivity index (χ1n) is 44.0. The van der Waals surface area contributed by atoms with Gasteiger partial charge < -0.3 is 27.0 Å². The molecule has 596 valence electrons. The van der Waals surface area contributed by atoms with E-state index in [1.54, 1.807) is 0 Å². The second kappa shape index (κ2) is 26.2. The summed E-state index contributed by atoms with van der Waals surface area (Å²) in [6, 6.07) is 146. The average molecular weight is 1690 g/mol. The number of fused-ring (bicyclic) bond motifs is 39. The van der Waals surface area contributed by atoms with Crippen molar-refractivity contribution in [1.29, 1.82) is 0 Å². The summed E-state index contributed by atoms with van der Waals surface area (Å²) in [6.45, 7) is 0. The van der Waals surface area contributed by atoms with Crippen molar-refractivity contribution in [3.05, 3.63) is 394 Å². The van der Waals surface area contributed by atoms with Gasteiger partial charge in [0.2, 0.25) is 0 Å². The Bertz CT molecular complexity index is 10300. The smallest absolute Gasteiger partial charge is 0.143 e. The van der Waals surface area contributed by atoms with E-state index in [2.05, 4.69) is 402 Å². The zero-order valence-corrected chi connectivity index (χ0v) is 71.3. The van der Waals surface area contributed by atoms with E-state index in [0.29, 0.717) is 0 Å². The molecule has 0 bridgehead atoms. The first-order chi connectivity index (χ1) is 64.0. The maximum Gasteiger partial charge on any atom is 0.143 e. The summed E-state index contributed by atoms with van der Waals surface area (Å²) in [5.41, 5.74) is 26.8. The number of rotatable bonds is 8. The third-order valence-electron chi connectivity index (χ3n) is 28.0. The van der Waals surface area contributed by atoms with Crippen molar-refractivity contribution in [3.63, 3.8) is 0 Å². The SMILES string of the molecule is c1cc(-c2ccc3c(c2)oc2ccccc23)cc(-n2c3ccccc3c3c4ccccc4c4c5cc(-c6ccc(-c7ccc(-n8c9ccccc9c9c%10ccc(-c%11cc(-c%12cccc(-n%13c%14ccccc%14c%14c%15ccccc%15c%15c%16ccccc%16sc%15c%14%13)c%12)c%12c(c%11)oc%11ccccc%11%12)cc%10c%10c%11ccccc%11sc%10c98)cc7)c7c6oc6ccccc67)ccc5sc4c32)c1. The van der Waals surface area contributed by atoms with Crippen LogP contribution in [0.2, 0.25) is 0 Å². The lowest BCUT2D eigenvalue weighted by molar-refractivity contribution is 0.668. The summed E-state index contributed by atoms with van der Waals surface area (Å²) in [6.07, 6.45) is 0. The van der Waals surface area contributed by atoms with Gasteiger partial charge in [-0.2, -0.15) is 0 Å². The fraction of sp³-hybridized carbons (Fsp3) is 0. The highest BCUT2D eigenvalue weighted by Gasteiger charge is 2.30. The minimum absolute atomic E-state index is 0.854. The second-order valence-electron chi connectivity index (χ2n) is 34.6. The van der Waals surface area contributed by atoms with E-state index in [4.69, 9.17) is 13.3 Å². The predicted molar refractivity (Wildman–Crippen MR) is 550 cm³/mol. The van der Waals surface area contributed by atoms with Crippen molar-refractivity contribution in [3.8, 4) is 72.7 Å². The number of aromatic nitrogens is 3. The van der Waals surface area contributed by atoms with Crippen molar-refractivity contribution in [1.82, 2.24) is 13.7 Å². The molecule has 9 heterocycles. The molecule has 0 saturated carbocycles. The van der Waals surface area contributed by atoms with E-state index < -0.39 is 0 Å². The molecule has 0 aliphatic heterocycles. The van der Waals surface area contributed by atoms with Gasteiger partial charge in [-0.25, -0.2) is 0 Å². The summed E-state index contributed by atoms with van der Waals surface area (Å²) < 4.78 is 35.8. The van der Waals surface area contributed by atoms with E-state index in [0.717, 1.165) is 144 Å². The summed E-state index contributed by atoms with van der Waals surface area (Å²) in [4.78, 5) is 0. The molecule has 0 spiro atoms. The van der Waals surface area contributed by atoms with E-state index in [-0.39, 0.29) is 0 Å². The number of nitrogens with zero attached hydrogens (tertiary/aromatic N) is 3. The molecule has 9 heteroatoms. The Hall–Kier alpha value is -16.1. The number of benzene rings is 21. The third kappa shape index (κ3) is 9.76.